The number of H-pyrrole nitrogens is 2. The van der Waals surface area contributed by atoms with Crippen molar-refractivity contribution in [2.45, 2.75) is 26.3 Å². The summed E-state index contributed by atoms with van der Waals surface area (Å²) >= 11 is 0. The van der Waals surface area contributed by atoms with Crippen LogP contribution in [-0.2, 0) is 6.42 Å². The third-order valence-electron chi connectivity index (χ3n) is 5.94. The maximum Gasteiger partial charge on any atom is 0.204 e. The second-order valence-corrected chi connectivity index (χ2v) is 8.46. The van der Waals surface area contributed by atoms with Crippen LogP contribution in [0.25, 0.3) is 44.2 Å². The van der Waals surface area contributed by atoms with Crippen molar-refractivity contribution in [3.8, 4) is 11.3 Å². The van der Waals surface area contributed by atoms with Gasteiger partial charge >= 0.3 is 0 Å². The third-order valence-corrected chi connectivity index (χ3v) is 5.94. The highest BCUT2D eigenvalue weighted by atomic mass is 16.1. The van der Waals surface area contributed by atoms with Gasteiger partial charge in [-0.25, -0.2) is 15.0 Å². The number of hydrogen-bond acceptors (Lipinski definition) is 5. The molecule has 33 heavy (non-hydrogen) atoms. The Morgan fingerprint density at radius 3 is 2.55 bits per heavy atom. The molecule has 6 aromatic rings. The number of aromatic nitrogens is 7. The standard InChI is InChI=1S/C25H21N7O/c1-14(2)32-13-27-18-4-3-15(9-22(18)32)10-23(33)25-28-20-11-17-19(12-21(20)29-25)30-31-24(17)16-5-7-26-8-6-16/h3-9,11-14,30-31H,10H2,1-2H3. The molecule has 0 unspecified atom stereocenters. The number of hydrogen-bond donors (Lipinski definition) is 2. The van der Waals surface area contributed by atoms with E-state index in [1.54, 1.807) is 12.4 Å². The minimum Gasteiger partial charge on any atom is -0.328 e. The van der Waals surface area contributed by atoms with Gasteiger partial charge in [-0.15, -0.1) is 0 Å². The lowest BCUT2D eigenvalue weighted by Gasteiger charge is -2.08. The van der Waals surface area contributed by atoms with Gasteiger partial charge in [0.1, 0.15) is 0 Å². The molecule has 0 saturated carbocycles. The Balaban J connectivity index is 1.34. The molecule has 162 valence electrons. The Bertz CT molecular complexity index is 1640. The first-order chi connectivity index (χ1) is 16.1. The molecule has 0 saturated heterocycles. The number of benzene rings is 2. The Morgan fingerprint density at radius 2 is 1.76 bits per heavy atom. The van der Waals surface area contributed by atoms with Crippen LogP contribution in [0.15, 0.2) is 61.2 Å². The quantitative estimate of drug-likeness (QED) is 0.376. The van der Waals surface area contributed by atoms with Gasteiger partial charge in [0.2, 0.25) is 5.78 Å². The molecule has 0 atom stereocenters. The molecule has 8 heteroatoms. The van der Waals surface area contributed by atoms with Crippen molar-refractivity contribution < 1.29 is 4.79 Å². The van der Waals surface area contributed by atoms with E-state index in [0.717, 1.165) is 38.8 Å². The first-order valence-corrected chi connectivity index (χ1v) is 10.8. The third kappa shape index (κ3) is 3.27. The lowest BCUT2D eigenvalue weighted by molar-refractivity contribution is 0.0984. The van der Waals surface area contributed by atoms with E-state index in [0.29, 0.717) is 17.1 Å². The molecular formula is C25H21N7O. The molecule has 0 radical (unpaired) electrons. The van der Waals surface area contributed by atoms with E-state index in [9.17, 15) is 4.79 Å². The Hall–Kier alpha value is -4.33. The molecule has 0 spiro atoms. The highest BCUT2D eigenvalue weighted by molar-refractivity contribution is 6.03. The number of nitrogens with zero attached hydrogens (tertiary/aromatic N) is 5. The van der Waals surface area contributed by atoms with Gasteiger partial charge < -0.3 is 9.67 Å². The number of fused-ring (bicyclic) bond motifs is 3. The minimum atomic E-state index is -0.106. The van der Waals surface area contributed by atoms with Crippen LogP contribution in [0.4, 0.5) is 0 Å². The van der Waals surface area contributed by atoms with Gasteiger partial charge in [-0.05, 0) is 55.8 Å². The molecule has 2 aromatic carbocycles. The normalized spacial score (nSPS) is 11.8. The van der Waals surface area contributed by atoms with Crippen LogP contribution in [-0.4, -0.2) is 40.5 Å². The van der Waals surface area contributed by atoms with Gasteiger partial charge in [-0.2, -0.15) is 0 Å². The number of ketones is 1. The summed E-state index contributed by atoms with van der Waals surface area (Å²) in [5.74, 6) is 0.135. The van der Waals surface area contributed by atoms with Crippen LogP contribution in [0.5, 0.6) is 0 Å². The number of Topliss-reactive ketones (excluding diaryl/α,β-unsaturated/α-hetero) is 1. The molecule has 8 nitrogen and oxygen atoms in total. The van der Waals surface area contributed by atoms with Crippen molar-refractivity contribution >= 4 is 38.8 Å². The van der Waals surface area contributed by atoms with Gasteiger partial charge in [-0.3, -0.25) is 14.9 Å². The van der Waals surface area contributed by atoms with Crippen LogP contribution in [0.1, 0.15) is 36.1 Å². The van der Waals surface area contributed by atoms with Gasteiger partial charge in [0.05, 0.1) is 39.6 Å². The van der Waals surface area contributed by atoms with Gasteiger partial charge in [0.25, 0.3) is 0 Å². The average Bonchev–Trinajstić information content (AvgIpc) is 3.53. The Kier molecular flexibility index (Phi) is 4.33. The summed E-state index contributed by atoms with van der Waals surface area (Å²) in [6.07, 6.45) is 5.59. The number of aromatic amines is 2. The fraction of sp³-hybridized carbons (Fsp3) is 0.160. The summed E-state index contributed by atoms with van der Waals surface area (Å²) in [5.41, 5.74) is 7.12. The van der Waals surface area contributed by atoms with Crippen LogP contribution in [0.3, 0.4) is 0 Å². The summed E-state index contributed by atoms with van der Waals surface area (Å²) in [6.45, 7) is 4.23. The molecule has 0 aliphatic carbocycles. The van der Waals surface area contributed by atoms with E-state index < -0.39 is 0 Å². The van der Waals surface area contributed by atoms with E-state index in [-0.39, 0.29) is 18.0 Å². The van der Waals surface area contributed by atoms with Gasteiger partial charge in [0.15, 0.2) is 5.82 Å². The maximum absolute atomic E-state index is 13.0. The zero-order chi connectivity index (χ0) is 22.5. The SMILES string of the molecule is CC(C)n1cnc2ccc(CC(=O)c3nc4cc5[nH][nH]c(-c6ccncc6)c5cc4n3)cc21. The largest absolute Gasteiger partial charge is 0.328 e. The second kappa shape index (κ2) is 7.37. The number of imidazole rings is 2. The zero-order valence-electron chi connectivity index (χ0n) is 18.2. The monoisotopic (exact) mass is 435 g/mol. The minimum absolute atomic E-state index is 0.106. The number of pyridine rings is 1. The van der Waals surface area contributed by atoms with Crippen LogP contribution in [0.2, 0.25) is 0 Å². The molecule has 0 bridgehead atoms. The first-order valence-electron chi connectivity index (χ1n) is 10.8. The van der Waals surface area contributed by atoms with E-state index in [4.69, 9.17) is 0 Å². The summed E-state index contributed by atoms with van der Waals surface area (Å²) in [4.78, 5) is 30.6. The predicted molar refractivity (Wildman–Crippen MR) is 127 cm³/mol. The number of rotatable bonds is 5. The van der Waals surface area contributed by atoms with Crippen molar-refractivity contribution in [3.05, 3.63) is 72.6 Å². The molecule has 2 N–H and O–H groups in total. The maximum atomic E-state index is 13.0. The van der Waals surface area contributed by atoms with Crippen molar-refractivity contribution in [3.63, 3.8) is 0 Å². The van der Waals surface area contributed by atoms with Crippen molar-refractivity contribution in [1.82, 2.24) is 34.7 Å². The van der Waals surface area contributed by atoms with Gasteiger partial charge in [-0.1, -0.05) is 6.07 Å². The van der Waals surface area contributed by atoms with Crippen LogP contribution < -0.4 is 0 Å². The second-order valence-electron chi connectivity index (χ2n) is 8.46. The fourth-order valence-corrected chi connectivity index (χ4v) is 4.24. The summed E-state index contributed by atoms with van der Waals surface area (Å²) < 4.78 is 2.11. The van der Waals surface area contributed by atoms with E-state index in [1.807, 2.05) is 48.8 Å². The molecule has 0 amide bonds. The topological polar surface area (TPSA) is 105 Å². The zero-order valence-corrected chi connectivity index (χ0v) is 18.2. The van der Waals surface area contributed by atoms with Gasteiger partial charge in [0, 0.05) is 35.8 Å². The summed E-state index contributed by atoms with van der Waals surface area (Å²) in [7, 11) is 0. The number of nitrogens with one attached hydrogen (secondary N) is 2. The van der Waals surface area contributed by atoms with Crippen LogP contribution >= 0.6 is 0 Å². The smallest absolute Gasteiger partial charge is 0.204 e. The molecule has 4 aromatic heterocycles. The number of carbonyl (C=O) groups excluding carboxylic acids is 1. The predicted octanol–water partition coefficient (Wildman–Crippen LogP) is 4.86. The highest BCUT2D eigenvalue weighted by Gasteiger charge is 2.17. The molecular weight excluding hydrogens is 414 g/mol. The number of carbonyl (C=O) groups is 1. The average molecular weight is 435 g/mol. The Morgan fingerprint density at radius 1 is 0.970 bits per heavy atom. The molecule has 0 aliphatic heterocycles. The highest BCUT2D eigenvalue weighted by Crippen LogP contribution is 2.29. The van der Waals surface area contributed by atoms with Crippen molar-refractivity contribution in [2.75, 3.05) is 0 Å². The summed E-state index contributed by atoms with van der Waals surface area (Å²) in [5, 5.41) is 7.37. The van der Waals surface area contributed by atoms with Crippen molar-refractivity contribution in [2.24, 2.45) is 0 Å². The molecule has 0 aliphatic rings. The Labute approximate surface area is 188 Å². The molecule has 0 fully saturated rings. The first kappa shape index (κ1) is 19.4. The summed E-state index contributed by atoms with van der Waals surface area (Å²) in [6, 6.07) is 14.0. The van der Waals surface area contributed by atoms with Crippen LogP contribution in [0, 0.1) is 0 Å². The lowest BCUT2D eigenvalue weighted by atomic mass is 10.1. The fourth-order valence-electron chi connectivity index (χ4n) is 4.24. The van der Waals surface area contributed by atoms with E-state index in [1.165, 1.54) is 0 Å². The molecule has 6 rings (SSSR count). The van der Waals surface area contributed by atoms with E-state index in [2.05, 4.69) is 48.5 Å². The van der Waals surface area contributed by atoms with Crippen molar-refractivity contribution in [1.29, 1.82) is 0 Å². The van der Waals surface area contributed by atoms with E-state index >= 15 is 0 Å². The lowest BCUT2D eigenvalue weighted by Crippen LogP contribution is -2.06. The molecule has 4 heterocycles.